The molecule has 0 aliphatic carbocycles. The number of hydrogen-bond acceptors (Lipinski definition) is 5. The second kappa shape index (κ2) is 9.55. The summed E-state index contributed by atoms with van der Waals surface area (Å²) in [7, 11) is 1.59. The first-order valence-corrected chi connectivity index (χ1v) is 8.89. The zero-order chi connectivity index (χ0) is 19.8. The Morgan fingerprint density at radius 1 is 1.18 bits per heavy atom. The molecule has 0 atom stereocenters. The van der Waals surface area contributed by atoms with Gasteiger partial charge in [0, 0.05) is 18.9 Å². The largest absolute Gasteiger partial charge is 0.497 e. The van der Waals surface area contributed by atoms with Gasteiger partial charge in [0.2, 0.25) is 5.91 Å². The standard InChI is InChI=1S/C21H21FN2O4/c1-26-15-5-4-6-16(13-15)27-12-11-23-20(25)9-10-21-24-14-19(28-21)17-7-2-3-8-18(17)22/h2-8,13-14H,9-12H2,1H3,(H,23,25). The van der Waals surface area contributed by atoms with Crippen molar-refractivity contribution in [2.75, 3.05) is 20.3 Å². The summed E-state index contributed by atoms with van der Waals surface area (Å²) < 4.78 is 30.0. The molecule has 2 aromatic carbocycles. The van der Waals surface area contributed by atoms with Crippen LogP contribution in [0, 0.1) is 5.82 Å². The highest BCUT2D eigenvalue weighted by molar-refractivity contribution is 5.76. The Morgan fingerprint density at radius 3 is 2.82 bits per heavy atom. The Labute approximate surface area is 162 Å². The third-order valence-corrected chi connectivity index (χ3v) is 3.99. The van der Waals surface area contributed by atoms with E-state index in [9.17, 15) is 9.18 Å². The summed E-state index contributed by atoms with van der Waals surface area (Å²) in [5.74, 6) is 1.61. The predicted octanol–water partition coefficient (Wildman–Crippen LogP) is 3.62. The Balaban J connectivity index is 1.39. The quantitative estimate of drug-likeness (QED) is 0.571. The number of hydrogen-bond donors (Lipinski definition) is 1. The van der Waals surface area contributed by atoms with Gasteiger partial charge in [-0.3, -0.25) is 4.79 Å². The Hall–Kier alpha value is -3.35. The number of carbonyl (C=O) groups excluding carboxylic acids is 1. The van der Waals surface area contributed by atoms with Gasteiger partial charge in [0.15, 0.2) is 11.7 Å². The minimum atomic E-state index is -0.376. The van der Waals surface area contributed by atoms with Crippen molar-refractivity contribution < 1.29 is 23.1 Å². The lowest BCUT2D eigenvalue weighted by atomic mass is 10.2. The van der Waals surface area contributed by atoms with Gasteiger partial charge < -0.3 is 19.2 Å². The van der Waals surface area contributed by atoms with Crippen molar-refractivity contribution in [3.05, 3.63) is 66.4 Å². The van der Waals surface area contributed by atoms with Crippen LogP contribution in [0.1, 0.15) is 12.3 Å². The minimum Gasteiger partial charge on any atom is -0.497 e. The molecule has 1 amide bonds. The number of halogens is 1. The normalized spacial score (nSPS) is 10.5. The highest BCUT2D eigenvalue weighted by Crippen LogP contribution is 2.23. The smallest absolute Gasteiger partial charge is 0.220 e. The molecular formula is C21H21FN2O4. The molecule has 0 fully saturated rings. The number of benzene rings is 2. The van der Waals surface area contributed by atoms with E-state index in [0.717, 1.165) is 0 Å². The Morgan fingerprint density at radius 2 is 2.00 bits per heavy atom. The predicted molar refractivity (Wildman–Crippen MR) is 102 cm³/mol. The second-order valence-electron chi connectivity index (χ2n) is 5.98. The monoisotopic (exact) mass is 384 g/mol. The zero-order valence-electron chi connectivity index (χ0n) is 15.5. The van der Waals surface area contributed by atoms with Crippen LogP contribution in [-0.2, 0) is 11.2 Å². The lowest BCUT2D eigenvalue weighted by molar-refractivity contribution is -0.121. The van der Waals surface area contributed by atoms with Gasteiger partial charge in [-0.25, -0.2) is 9.37 Å². The van der Waals surface area contributed by atoms with Crippen LogP contribution in [0.2, 0.25) is 0 Å². The maximum atomic E-state index is 13.8. The highest BCUT2D eigenvalue weighted by Gasteiger charge is 2.11. The first-order chi connectivity index (χ1) is 13.7. The van der Waals surface area contributed by atoms with Crippen molar-refractivity contribution in [1.82, 2.24) is 10.3 Å². The van der Waals surface area contributed by atoms with E-state index in [4.69, 9.17) is 13.9 Å². The number of ether oxygens (including phenoxy) is 2. The van der Waals surface area contributed by atoms with Crippen LogP contribution >= 0.6 is 0 Å². The van der Waals surface area contributed by atoms with Gasteiger partial charge in [-0.05, 0) is 24.3 Å². The van der Waals surface area contributed by atoms with E-state index in [2.05, 4.69) is 10.3 Å². The van der Waals surface area contributed by atoms with Crippen LogP contribution in [0.4, 0.5) is 4.39 Å². The molecule has 0 saturated carbocycles. The molecule has 0 saturated heterocycles. The molecule has 146 valence electrons. The van der Waals surface area contributed by atoms with Crippen LogP contribution in [0.5, 0.6) is 11.5 Å². The maximum Gasteiger partial charge on any atom is 0.220 e. The number of oxazole rings is 1. The highest BCUT2D eigenvalue weighted by atomic mass is 19.1. The fraction of sp³-hybridized carbons (Fsp3) is 0.238. The second-order valence-corrected chi connectivity index (χ2v) is 5.98. The molecule has 0 aliphatic rings. The van der Waals surface area contributed by atoms with Crippen molar-refractivity contribution in [3.8, 4) is 22.8 Å². The van der Waals surface area contributed by atoms with Crippen LogP contribution in [0.3, 0.4) is 0 Å². The Bertz CT molecular complexity index is 926. The average Bonchev–Trinajstić information content (AvgIpc) is 3.19. The molecular weight excluding hydrogens is 363 g/mol. The fourth-order valence-electron chi connectivity index (χ4n) is 2.57. The lowest BCUT2D eigenvalue weighted by Crippen LogP contribution is -2.28. The molecule has 1 N–H and O–H groups in total. The number of nitrogens with zero attached hydrogens (tertiary/aromatic N) is 1. The summed E-state index contributed by atoms with van der Waals surface area (Å²) in [4.78, 5) is 16.1. The number of aryl methyl sites for hydroxylation is 1. The molecule has 0 radical (unpaired) electrons. The van der Waals surface area contributed by atoms with E-state index >= 15 is 0 Å². The SMILES string of the molecule is COc1cccc(OCCNC(=O)CCc2ncc(-c3ccccc3F)o2)c1. The molecule has 0 unspecified atom stereocenters. The van der Waals surface area contributed by atoms with Crippen LogP contribution in [-0.4, -0.2) is 31.2 Å². The summed E-state index contributed by atoms with van der Waals surface area (Å²) in [5.41, 5.74) is 0.348. The fourth-order valence-corrected chi connectivity index (χ4v) is 2.57. The summed E-state index contributed by atoms with van der Waals surface area (Å²) in [6.07, 6.45) is 2.01. The third-order valence-electron chi connectivity index (χ3n) is 3.99. The molecule has 0 spiro atoms. The maximum absolute atomic E-state index is 13.8. The van der Waals surface area contributed by atoms with E-state index in [-0.39, 0.29) is 18.1 Å². The van der Waals surface area contributed by atoms with Crippen LogP contribution in [0.15, 0.2) is 59.1 Å². The number of nitrogens with one attached hydrogen (secondary N) is 1. The van der Waals surface area contributed by atoms with Crippen LogP contribution < -0.4 is 14.8 Å². The van der Waals surface area contributed by atoms with Gasteiger partial charge in [-0.1, -0.05) is 18.2 Å². The molecule has 3 rings (SSSR count). The van der Waals surface area contributed by atoms with Crippen molar-refractivity contribution in [3.63, 3.8) is 0 Å². The number of amides is 1. The number of rotatable bonds is 9. The van der Waals surface area contributed by atoms with Crippen LogP contribution in [0.25, 0.3) is 11.3 Å². The molecule has 7 heteroatoms. The van der Waals surface area contributed by atoms with Gasteiger partial charge in [-0.2, -0.15) is 0 Å². The molecule has 1 heterocycles. The summed E-state index contributed by atoms with van der Waals surface area (Å²) in [6, 6.07) is 13.6. The molecule has 6 nitrogen and oxygen atoms in total. The lowest BCUT2D eigenvalue weighted by Gasteiger charge is -2.08. The minimum absolute atomic E-state index is 0.139. The molecule has 1 aromatic heterocycles. The number of carbonyl (C=O) groups is 1. The van der Waals surface area contributed by atoms with E-state index in [1.807, 2.05) is 18.2 Å². The molecule has 0 bridgehead atoms. The van der Waals surface area contributed by atoms with Crippen molar-refractivity contribution >= 4 is 5.91 Å². The Kier molecular flexibility index (Phi) is 6.62. The molecule has 0 aliphatic heterocycles. The average molecular weight is 384 g/mol. The van der Waals surface area contributed by atoms with E-state index in [1.165, 1.54) is 12.3 Å². The summed E-state index contributed by atoms with van der Waals surface area (Å²) in [6.45, 7) is 0.720. The van der Waals surface area contributed by atoms with Crippen molar-refractivity contribution in [2.24, 2.45) is 0 Å². The van der Waals surface area contributed by atoms with E-state index in [1.54, 1.807) is 31.4 Å². The molecule has 28 heavy (non-hydrogen) atoms. The first-order valence-electron chi connectivity index (χ1n) is 8.89. The summed E-state index contributed by atoms with van der Waals surface area (Å²) >= 11 is 0. The number of methoxy groups -OCH3 is 1. The van der Waals surface area contributed by atoms with Gasteiger partial charge in [0.1, 0.15) is 23.9 Å². The van der Waals surface area contributed by atoms with Crippen molar-refractivity contribution in [1.29, 1.82) is 0 Å². The summed E-state index contributed by atoms with van der Waals surface area (Å²) in [5, 5.41) is 2.77. The van der Waals surface area contributed by atoms with Gasteiger partial charge in [-0.15, -0.1) is 0 Å². The number of aromatic nitrogens is 1. The first kappa shape index (κ1) is 19.4. The third kappa shape index (κ3) is 5.33. The van der Waals surface area contributed by atoms with Gasteiger partial charge in [0.05, 0.1) is 25.4 Å². The van der Waals surface area contributed by atoms with Gasteiger partial charge in [0.25, 0.3) is 0 Å². The van der Waals surface area contributed by atoms with Gasteiger partial charge >= 0.3 is 0 Å². The topological polar surface area (TPSA) is 73.6 Å². The van der Waals surface area contributed by atoms with Crippen molar-refractivity contribution in [2.45, 2.75) is 12.8 Å². The molecule has 3 aromatic rings. The van der Waals surface area contributed by atoms with E-state index < -0.39 is 0 Å². The van der Waals surface area contributed by atoms with E-state index in [0.29, 0.717) is 48.3 Å². The zero-order valence-corrected chi connectivity index (χ0v) is 15.5.